The Morgan fingerprint density at radius 1 is 1.05 bits per heavy atom. The number of hydrogen-bond acceptors (Lipinski definition) is 4. The molecular weight excluding hydrogens is 489 g/mol. The Morgan fingerprint density at radius 2 is 1.90 bits per heavy atom. The fraction of sp³-hybridized carbons (Fsp3) is 0.219. The lowest BCUT2D eigenvalue weighted by Crippen LogP contribution is -2.49. The van der Waals surface area contributed by atoms with Crippen LogP contribution < -0.4 is 10.2 Å². The van der Waals surface area contributed by atoms with E-state index in [9.17, 15) is 4.79 Å². The maximum Gasteiger partial charge on any atom is 0.262 e. The highest BCUT2D eigenvalue weighted by molar-refractivity contribution is 6.11. The Balaban J connectivity index is 1.43. The molecule has 1 atom stereocenters. The van der Waals surface area contributed by atoms with Crippen LogP contribution in [-0.2, 0) is 7.05 Å². The number of benzene rings is 3. The number of pyridine rings is 1. The minimum Gasteiger partial charge on any atom is -0.315 e. The van der Waals surface area contributed by atoms with Crippen LogP contribution in [0.3, 0.4) is 0 Å². The van der Waals surface area contributed by atoms with Crippen molar-refractivity contribution in [3.8, 4) is 22.4 Å². The van der Waals surface area contributed by atoms with Crippen molar-refractivity contribution in [2.75, 3.05) is 18.0 Å². The maximum atomic E-state index is 15.9. The van der Waals surface area contributed by atoms with Crippen LogP contribution in [0.4, 0.5) is 10.2 Å². The van der Waals surface area contributed by atoms with Gasteiger partial charge < -0.3 is 5.32 Å². The maximum absolute atomic E-state index is 15.9. The van der Waals surface area contributed by atoms with Gasteiger partial charge in [0, 0.05) is 36.3 Å². The summed E-state index contributed by atoms with van der Waals surface area (Å²) in [6, 6.07) is 22.6. The van der Waals surface area contributed by atoms with Crippen LogP contribution in [0.5, 0.6) is 0 Å². The largest absolute Gasteiger partial charge is 0.315 e. The van der Waals surface area contributed by atoms with E-state index in [2.05, 4.69) is 15.4 Å². The lowest BCUT2D eigenvalue weighted by atomic mass is 9.98. The molecule has 1 amide bonds. The van der Waals surface area contributed by atoms with Crippen LogP contribution in [0, 0.1) is 12.7 Å². The van der Waals surface area contributed by atoms with E-state index in [1.54, 1.807) is 34.1 Å². The van der Waals surface area contributed by atoms with E-state index in [1.165, 1.54) is 6.07 Å². The number of aromatic nitrogens is 3. The van der Waals surface area contributed by atoms with E-state index in [-0.39, 0.29) is 17.5 Å². The third-order valence-electron chi connectivity index (χ3n) is 7.56. The van der Waals surface area contributed by atoms with Crippen molar-refractivity contribution in [1.82, 2.24) is 20.1 Å². The second-order valence-electron chi connectivity index (χ2n) is 10.1. The standard InChI is InChI=1S/C32H30FN5O/c1-21-8-6-11-22-15-17-35-31(29(21)22)38(25-12-7-16-34-19-25)32(39)26-14-13-24(18-28(26)33)27-20-36-37(2)30(27)23-9-4-3-5-10-23/h3-6,8-11,13-15,17-18,20,25,34H,7,12,16,19H2,1-2H3/t25-/m1/s1. The van der Waals surface area contributed by atoms with Crippen LogP contribution in [0.15, 0.2) is 85.2 Å². The summed E-state index contributed by atoms with van der Waals surface area (Å²) in [6.45, 7) is 3.55. The van der Waals surface area contributed by atoms with Gasteiger partial charge in [0.05, 0.1) is 23.5 Å². The van der Waals surface area contributed by atoms with Gasteiger partial charge in [-0.2, -0.15) is 5.10 Å². The van der Waals surface area contributed by atoms with Crippen LogP contribution >= 0.6 is 0 Å². The van der Waals surface area contributed by atoms with Gasteiger partial charge in [0.15, 0.2) is 0 Å². The molecule has 0 radical (unpaired) electrons. The zero-order valence-electron chi connectivity index (χ0n) is 22.1. The molecule has 6 nitrogen and oxygen atoms in total. The number of carbonyl (C=O) groups excluding carboxylic acids is 1. The Labute approximate surface area is 227 Å². The van der Waals surface area contributed by atoms with E-state index in [0.717, 1.165) is 52.5 Å². The van der Waals surface area contributed by atoms with E-state index in [4.69, 9.17) is 0 Å². The van der Waals surface area contributed by atoms with Crippen LogP contribution in [0.25, 0.3) is 33.2 Å². The Bertz CT molecular complexity index is 1650. The van der Waals surface area contributed by atoms with Gasteiger partial charge >= 0.3 is 0 Å². The lowest BCUT2D eigenvalue weighted by Gasteiger charge is -2.35. The Kier molecular flexibility index (Phi) is 6.67. The lowest BCUT2D eigenvalue weighted by molar-refractivity contribution is 0.0968. The van der Waals surface area contributed by atoms with Crippen LogP contribution in [0.2, 0.25) is 0 Å². The summed E-state index contributed by atoms with van der Waals surface area (Å²) in [5.74, 6) is -0.372. The number of carbonyl (C=O) groups is 1. The van der Waals surface area contributed by atoms with Gasteiger partial charge in [0.1, 0.15) is 11.6 Å². The van der Waals surface area contributed by atoms with Crippen LogP contribution in [0.1, 0.15) is 28.8 Å². The van der Waals surface area contributed by atoms with Crippen molar-refractivity contribution in [2.24, 2.45) is 7.05 Å². The number of piperidine rings is 1. The normalized spacial score (nSPS) is 15.4. The summed E-state index contributed by atoms with van der Waals surface area (Å²) in [6.07, 6.45) is 5.21. The molecule has 1 saturated heterocycles. The van der Waals surface area contributed by atoms with E-state index >= 15 is 4.39 Å². The van der Waals surface area contributed by atoms with Gasteiger partial charge in [-0.25, -0.2) is 9.37 Å². The van der Waals surface area contributed by atoms with Crippen molar-refractivity contribution in [3.63, 3.8) is 0 Å². The first-order chi connectivity index (χ1) is 19.0. The summed E-state index contributed by atoms with van der Waals surface area (Å²) in [7, 11) is 1.87. The number of halogens is 1. The molecule has 1 N–H and O–H groups in total. The van der Waals surface area contributed by atoms with Gasteiger partial charge in [0.25, 0.3) is 5.91 Å². The van der Waals surface area contributed by atoms with E-state index in [0.29, 0.717) is 17.9 Å². The van der Waals surface area contributed by atoms with Crippen molar-refractivity contribution < 1.29 is 9.18 Å². The number of aryl methyl sites for hydroxylation is 2. The molecule has 6 rings (SSSR count). The first-order valence-electron chi connectivity index (χ1n) is 13.3. The smallest absolute Gasteiger partial charge is 0.262 e. The molecule has 1 fully saturated rings. The molecule has 3 heterocycles. The molecule has 39 heavy (non-hydrogen) atoms. The number of nitrogens with one attached hydrogen (secondary N) is 1. The molecule has 7 heteroatoms. The monoisotopic (exact) mass is 519 g/mol. The van der Waals surface area contributed by atoms with E-state index in [1.807, 2.05) is 68.6 Å². The molecule has 2 aromatic heterocycles. The molecule has 0 saturated carbocycles. The zero-order valence-corrected chi connectivity index (χ0v) is 22.1. The van der Waals surface area contributed by atoms with Crippen molar-refractivity contribution in [2.45, 2.75) is 25.8 Å². The van der Waals surface area contributed by atoms with Gasteiger partial charge in [-0.3, -0.25) is 14.4 Å². The van der Waals surface area contributed by atoms with Gasteiger partial charge in [-0.05, 0) is 61.0 Å². The number of rotatable bonds is 5. The number of amides is 1. The quantitative estimate of drug-likeness (QED) is 0.303. The van der Waals surface area contributed by atoms with Gasteiger partial charge in [-0.15, -0.1) is 0 Å². The average Bonchev–Trinajstić information content (AvgIpc) is 3.35. The Morgan fingerprint density at radius 3 is 2.67 bits per heavy atom. The van der Waals surface area contributed by atoms with Gasteiger partial charge in [-0.1, -0.05) is 54.6 Å². The van der Waals surface area contributed by atoms with Crippen molar-refractivity contribution >= 4 is 22.5 Å². The summed E-state index contributed by atoms with van der Waals surface area (Å²) in [4.78, 5) is 20.5. The molecule has 1 aliphatic heterocycles. The number of nitrogens with zero attached hydrogens (tertiary/aromatic N) is 4. The van der Waals surface area contributed by atoms with Crippen LogP contribution in [-0.4, -0.2) is 39.8 Å². The molecule has 0 aliphatic carbocycles. The summed E-state index contributed by atoms with van der Waals surface area (Å²) in [5.41, 5.74) is 4.41. The fourth-order valence-corrected chi connectivity index (χ4v) is 5.63. The first-order valence-corrected chi connectivity index (χ1v) is 13.3. The highest BCUT2D eigenvalue weighted by atomic mass is 19.1. The molecule has 0 bridgehead atoms. The summed E-state index contributed by atoms with van der Waals surface area (Å²) >= 11 is 0. The molecule has 3 aromatic carbocycles. The molecule has 196 valence electrons. The number of anilines is 1. The second kappa shape index (κ2) is 10.4. The molecular formula is C32H30FN5O. The average molecular weight is 520 g/mol. The first kappa shape index (κ1) is 24.9. The molecule has 0 spiro atoms. The zero-order chi connectivity index (χ0) is 26.9. The molecule has 1 aliphatic rings. The minimum absolute atomic E-state index is 0.0295. The molecule has 5 aromatic rings. The third-order valence-corrected chi connectivity index (χ3v) is 7.56. The predicted molar refractivity (Wildman–Crippen MR) is 153 cm³/mol. The second-order valence-corrected chi connectivity index (χ2v) is 10.1. The fourth-order valence-electron chi connectivity index (χ4n) is 5.63. The molecule has 0 unspecified atom stereocenters. The topological polar surface area (TPSA) is 63.1 Å². The van der Waals surface area contributed by atoms with E-state index < -0.39 is 5.82 Å². The number of hydrogen-bond donors (Lipinski definition) is 1. The minimum atomic E-state index is -0.564. The number of fused-ring (bicyclic) bond motifs is 1. The van der Waals surface area contributed by atoms with Crippen molar-refractivity contribution in [1.29, 1.82) is 0 Å². The van der Waals surface area contributed by atoms with Gasteiger partial charge in [0.2, 0.25) is 0 Å². The SMILES string of the molecule is Cc1cccc2ccnc(N(C(=O)c3ccc(-c4cnn(C)c4-c4ccccc4)cc3F)[C@@H]3CCCNC3)c12. The predicted octanol–water partition coefficient (Wildman–Crippen LogP) is 6.15. The third kappa shape index (κ3) is 4.59. The van der Waals surface area contributed by atoms with Crippen molar-refractivity contribution in [3.05, 3.63) is 102 Å². The Hall–Kier alpha value is -4.36. The summed E-state index contributed by atoms with van der Waals surface area (Å²) < 4.78 is 17.6. The summed E-state index contributed by atoms with van der Waals surface area (Å²) in [5, 5.41) is 9.74. The highest BCUT2D eigenvalue weighted by Crippen LogP contribution is 2.35. The highest BCUT2D eigenvalue weighted by Gasteiger charge is 2.32.